The van der Waals surface area contributed by atoms with Gasteiger partial charge in [-0.1, -0.05) is 41.9 Å². The molecule has 0 spiro atoms. The first-order valence-corrected chi connectivity index (χ1v) is 7.60. The van der Waals surface area contributed by atoms with E-state index in [0.29, 0.717) is 15.5 Å². The number of carbonyl (C=O) groups excluding carboxylic acids is 1. The van der Waals surface area contributed by atoms with E-state index < -0.39 is 0 Å². The standard InChI is InChI=1S/C16H10ClFN2OS/c17-14-12-6-1-2-7-13(12)22-15(14)16(21)20-19-9-10-4-3-5-11(18)8-10/h1-9H,(H,20,21)/b19-9-. The summed E-state index contributed by atoms with van der Waals surface area (Å²) in [5, 5.41) is 5.08. The molecule has 2 aromatic carbocycles. The molecule has 0 bridgehead atoms. The Bertz CT molecular complexity index is 875. The Balaban J connectivity index is 1.77. The van der Waals surface area contributed by atoms with E-state index in [1.165, 1.54) is 29.7 Å². The molecule has 110 valence electrons. The van der Waals surface area contributed by atoms with Gasteiger partial charge in [0.25, 0.3) is 5.91 Å². The maximum Gasteiger partial charge on any atom is 0.283 e. The van der Waals surface area contributed by atoms with Crippen LogP contribution in [0.1, 0.15) is 15.2 Å². The number of rotatable bonds is 3. The zero-order valence-corrected chi connectivity index (χ0v) is 12.8. The minimum atomic E-state index is -0.390. The fourth-order valence-electron chi connectivity index (χ4n) is 1.96. The number of hydrazone groups is 1. The maximum absolute atomic E-state index is 13.0. The molecule has 0 atom stereocenters. The number of benzene rings is 2. The molecule has 6 heteroatoms. The largest absolute Gasteiger partial charge is 0.283 e. The zero-order chi connectivity index (χ0) is 15.5. The number of halogens is 2. The van der Waals surface area contributed by atoms with Crippen molar-refractivity contribution in [1.29, 1.82) is 0 Å². The molecule has 1 aromatic heterocycles. The first-order chi connectivity index (χ1) is 10.6. The van der Waals surface area contributed by atoms with Crippen LogP contribution < -0.4 is 5.43 Å². The Morgan fingerprint density at radius 3 is 2.82 bits per heavy atom. The first kappa shape index (κ1) is 14.7. The fourth-order valence-corrected chi connectivity index (χ4v) is 3.37. The van der Waals surface area contributed by atoms with Crippen molar-refractivity contribution in [3.8, 4) is 0 Å². The van der Waals surface area contributed by atoms with E-state index in [1.807, 2.05) is 24.3 Å². The lowest BCUT2D eigenvalue weighted by atomic mass is 10.2. The molecular formula is C16H10ClFN2OS. The van der Waals surface area contributed by atoms with Gasteiger partial charge in [-0.2, -0.15) is 5.10 Å². The van der Waals surface area contributed by atoms with Crippen LogP contribution in [0.25, 0.3) is 10.1 Å². The van der Waals surface area contributed by atoms with Gasteiger partial charge in [0.05, 0.1) is 11.2 Å². The summed E-state index contributed by atoms with van der Waals surface area (Å²) in [4.78, 5) is 12.5. The summed E-state index contributed by atoms with van der Waals surface area (Å²) < 4.78 is 14.0. The lowest BCUT2D eigenvalue weighted by molar-refractivity contribution is 0.0959. The number of carbonyl (C=O) groups is 1. The molecule has 3 rings (SSSR count). The molecular weight excluding hydrogens is 323 g/mol. The first-order valence-electron chi connectivity index (χ1n) is 6.41. The van der Waals surface area contributed by atoms with Crippen LogP contribution in [0.15, 0.2) is 53.6 Å². The van der Waals surface area contributed by atoms with Gasteiger partial charge in [0.15, 0.2) is 0 Å². The van der Waals surface area contributed by atoms with Crippen molar-refractivity contribution >= 4 is 45.1 Å². The van der Waals surface area contributed by atoms with Crippen LogP contribution >= 0.6 is 22.9 Å². The minimum Gasteiger partial charge on any atom is -0.266 e. The van der Waals surface area contributed by atoms with Crippen molar-refractivity contribution < 1.29 is 9.18 Å². The SMILES string of the molecule is O=C(N/N=C\c1cccc(F)c1)c1sc2ccccc2c1Cl. The van der Waals surface area contributed by atoms with Crippen LogP contribution in [0.4, 0.5) is 4.39 Å². The van der Waals surface area contributed by atoms with Crippen LogP contribution in [0.5, 0.6) is 0 Å². The minimum absolute atomic E-state index is 0.358. The predicted octanol–water partition coefficient (Wildman–Crippen LogP) is 4.46. The number of amides is 1. The lowest BCUT2D eigenvalue weighted by Gasteiger charge is -1.97. The third-order valence-electron chi connectivity index (χ3n) is 2.97. The molecule has 0 aliphatic rings. The fraction of sp³-hybridized carbons (Fsp3) is 0. The van der Waals surface area contributed by atoms with Gasteiger partial charge >= 0.3 is 0 Å². The Kier molecular flexibility index (Phi) is 4.18. The van der Waals surface area contributed by atoms with Crippen molar-refractivity contribution in [2.75, 3.05) is 0 Å². The molecule has 1 heterocycles. The van der Waals surface area contributed by atoms with Crippen molar-refractivity contribution in [3.63, 3.8) is 0 Å². The maximum atomic E-state index is 13.0. The topological polar surface area (TPSA) is 41.5 Å². The highest BCUT2D eigenvalue weighted by Crippen LogP contribution is 2.34. The Morgan fingerprint density at radius 2 is 2.05 bits per heavy atom. The van der Waals surface area contributed by atoms with Crippen LogP contribution in [0, 0.1) is 5.82 Å². The Labute approximate surface area is 135 Å². The van der Waals surface area contributed by atoms with Gasteiger partial charge in [-0.25, -0.2) is 9.82 Å². The number of fused-ring (bicyclic) bond motifs is 1. The number of hydrogen-bond donors (Lipinski definition) is 1. The summed E-state index contributed by atoms with van der Waals surface area (Å²) in [6, 6.07) is 13.4. The quantitative estimate of drug-likeness (QED) is 0.558. The molecule has 0 fully saturated rings. The predicted molar refractivity (Wildman–Crippen MR) is 88.3 cm³/mol. The molecule has 3 aromatic rings. The van der Waals surface area contributed by atoms with Crippen molar-refractivity contribution in [3.05, 3.63) is 69.8 Å². The van der Waals surface area contributed by atoms with Gasteiger partial charge in [-0.05, 0) is 23.8 Å². The van der Waals surface area contributed by atoms with Gasteiger partial charge in [0.2, 0.25) is 0 Å². The second-order valence-electron chi connectivity index (χ2n) is 4.50. The van der Waals surface area contributed by atoms with Gasteiger partial charge in [0, 0.05) is 10.1 Å². The van der Waals surface area contributed by atoms with E-state index >= 15 is 0 Å². The third kappa shape index (κ3) is 3.00. The monoisotopic (exact) mass is 332 g/mol. The second-order valence-corrected chi connectivity index (χ2v) is 5.93. The summed E-state index contributed by atoms with van der Waals surface area (Å²) in [5.74, 6) is -0.748. The zero-order valence-electron chi connectivity index (χ0n) is 11.2. The lowest BCUT2D eigenvalue weighted by Crippen LogP contribution is -2.16. The van der Waals surface area contributed by atoms with E-state index in [-0.39, 0.29) is 11.7 Å². The van der Waals surface area contributed by atoms with Gasteiger partial charge in [-0.3, -0.25) is 4.79 Å². The summed E-state index contributed by atoms with van der Waals surface area (Å²) in [5.41, 5.74) is 2.96. The molecule has 0 saturated carbocycles. The second kappa shape index (κ2) is 6.25. The number of nitrogens with one attached hydrogen (secondary N) is 1. The number of thiophene rings is 1. The van der Waals surface area contributed by atoms with Crippen LogP contribution in [0.3, 0.4) is 0 Å². The molecule has 1 amide bonds. The molecule has 0 unspecified atom stereocenters. The summed E-state index contributed by atoms with van der Waals surface area (Å²) in [7, 11) is 0. The summed E-state index contributed by atoms with van der Waals surface area (Å²) in [6.07, 6.45) is 1.38. The molecule has 3 nitrogen and oxygen atoms in total. The normalized spacial score (nSPS) is 11.2. The highest BCUT2D eigenvalue weighted by molar-refractivity contribution is 7.21. The highest BCUT2D eigenvalue weighted by atomic mass is 35.5. The van der Waals surface area contributed by atoms with Crippen LogP contribution in [0.2, 0.25) is 5.02 Å². The van der Waals surface area contributed by atoms with Crippen LogP contribution in [-0.4, -0.2) is 12.1 Å². The summed E-state index contributed by atoms with van der Waals surface area (Å²) >= 11 is 7.52. The third-order valence-corrected chi connectivity index (χ3v) is 4.64. The van der Waals surface area contributed by atoms with Gasteiger partial charge < -0.3 is 0 Å². The average molecular weight is 333 g/mol. The van der Waals surface area contributed by atoms with Crippen molar-refractivity contribution in [2.24, 2.45) is 5.10 Å². The molecule has 22 heavy (non-hydrogen) atoms. The smallest absolute Gasteiger partial charge is 0.266 e. The number of nitrogens with zero attached hydrogens (tertiary/aromatic N) is 1. The van der Waals surface area contributed by atoms with E-state index in [2.05, 4.69) is 10.5 Å². The van der Waals surface area contributed by atoms with E-state index in [0.717, 1.165) is 10.1 Å². The molecule has 0 saturated heterocycles. The van der Waals surface area contributed by atoms with E-state index in [1.54, 1.807) is 12.1 Å². The van der Waals surface area contributed by atoms with E-state index in [9.17, 15) is 9.18 Å². The van der Waals surface area contributed by atoms with Crippen molar-refractivity contribution in [1.82, 2.24) is 5.43 Å². The molecule has 0 radical (unpaired) electrons. The van der Waals surface area contributed by atoms with E-state index in [4.69, 9.17) is 11.6 Å². The highest BCUT2D eigenvalue weighted by Gasteiger charge is 2.16. The van der Waals surface area contributed by atoms with Gasteiger partial charge in [0.1, 0.15) is 10.7 Å². The molecule has 0 aliphatic carbocycles. The van der Waals surface area contributed by atoms with Crippen molar-refractivity contribution in [2.45, 2.75) is 0 Å². The Hall–Kier alpha value is -2.24. The number of hydrogen-bond acceptors (Lipinski definition) is 3. The summed E-state index contributed by atoms with van der Waals surface area (Å²) in [6.45, 7) is 0. The Morgan fingerprint density at radius 1 is 1.23 bits per heavy atom. The van der Waals surface area contributed by atoms with Gasteiger partial charge in [-0.15, -0.1) is 11.3 Å². The van der Waals surface area contributed by atoms with Crippen LogP contribution in [-0.2, 0) is 0 Å². The molecule has 0 aliphatic heterocycles. The average Bonchev–Trinajstić information content (AvgIpc) is 2.85. The molecule has 1 N–H and O–H groups in total.